The standard InChI is InChI=1S/C6H8O5.C6H6O5/c2*7-4(6(10)11)2-1-3-5(8)9/h1-3H2,(H,8,9)(H,10,11);1,3H,2H2,(H,8,9)(H,10,11)/p-4/b;3-1+. The molecule has 0 saturated carbocycles. The first-order valence-corrected chi connectivity index (χ1v) is 5.63. The second kappa shape index (κ2) is 11.8. The average Bonchev–Trinajstić information content (AvgIpc) is 2.38. The van der Waals surface area contributed by atoms with E-state index in [0.29, 0.717) is 6.08 Å². The van der Waals surface area contributed by atoms with E-state index in [1.807, 2.05) is 0 Å². The van der Waals surface area contributed by atoms with Gasteiger partial charge in [-0.1, -0.05) is 6.08 Å². The maximum absolute atomic E-state index is 10.2. The number of carbonyl (C=O) groups excluding carboxylic acids is 6. The Morgan fingerprint density at radius 1 is 0.727 bits per heavy atom. The second-order valence-corrected chi connectivity index (χ2v) is 3.57. The van der Waals surface area contributed by atoms with E-state index in [0.717, 1.165) is 6.08 Å². The largest absolute Gasteiger partial charge is 0.550 e. The molecule has 22 heavy (non-hydrogen) atoms. The molecule has 0 radical (unpaired) electrons. The minimum atomic E-state index is -1.83. The van der Waals surface area contributed by atoms with E-state index in [4.69, 9.17) is 0 Å². The quantitative estimate of drug-likeness (QED) is 0.292. The number of hydrogen-bond donors (Lipinski definition) is 0. The molecule has 0 fully saturated rings. The lowest BCUT2D eigenvalue weighted by Crippen LogP contribution is -2.31. The molecule has 10 nitrogen and oxygen atoms in total. The topological polar surface area (TPSA) is 195 Å². The van der Waals surface area contributed by atoms with E-state index < -0.39 is 41.9 Å². The van der Waals surface area contributed by atoms with Crippen molar-refractivity contribution in [2.24, 2.45) is 0 Å². The Morgan fingerprint density at radius 3 is 1.59 bits per heavy atom. The molecule has 0 aliphatic heterocycles. The van der Waals surface area contributed by atoms with Crippen LogP contribution in [0.3, 0.4) is 0 Å². The van der Waals surface area contributed by atoms with E-state index in [9.17, 15) is 49.2 Å². The van der Waals surface area contributed by atoms with Gasteiger partial charge in [0.25, 0.3) is 0 Å². The highest BCUT2D eigenvalue weighted by molar-refractivity contribution is 6.32. The number of Topliss-reactive ketones (excluding diaryl/α,β-unsaturated/α-hetero) is 2. The summed E-state index contributed by atoms with van der Waals surface area (Å²) in [4.78, 5) is 59.4. The number of carbonyl (C=O) groups is 6. The third-order valence-corrected chi connectivity index (χ3v) is 1.80. The summed E-state index contributed by atoms with van der Waals surface area (Å²) in [7, 11) is 0. The number of carboxylic acid groups (broad SMARTS) is 4. The van der Waals surface area contributed by atoms with Crippen LogP contribution in [0.1, 0.15) is 25.7 Å². The van der Waals surface area contributed by atoms with Gasteiger partial charge in [0, 0.05) is 18.8 Å². The molecule has 0 spiro atoms. The van der Waals surface area contributed by atoms with Crippen LogP contribution in [0.4, 0.5) is 0 Å². The summed E-state index contributed by atoms with van der Waals surface area (Å²) < 4.78 is 0. The fraction of sp³-hybridized carbons (Fsp3) is 0.333. The Kier molecular flexibility index (Phi) is 11.4. The van der Waals surface area contributed by atoms with Crippen molar-refractivity contribution >= 4 is 35.4 Å². The summed E-state index contributed by atoms with van der Waals surface area (Å²) in [5, 5.41) is 38.9. The molecule has 0 heterocycles. The van der Waals surface area contributed by atoms with Gasteiger partial charge in [-0.25, -0.2) is 0 Å². The van der Waals surface area contributed by atoms with Crippen molar-refractivity contribution in [3.8, 4) is 0 Å². The van der Waals surface area contributed by atoms with Gasteiger partial charge in [0.1, 0.15) is 11.9 Å². The molecule has 0 N–H and O–H groups in total. The monoisotopic (exact) mass is 314 g/mol. The number of aliphatic carboxylic acids is 4. The van der Waals surface area contributed by atoms with E-state index in [1.54, 1.807) is 0 Å². The molecule has 0 aliphatic rings. The lowest BCUT2D eigenvalue weighted by atomic mass is 10.2. The van der Waals surface area contributed by atoms with Crippen LogP contribution in [-0.4, -0.2) is 35.4 Å². The Hall–Kier alpha value is -3.04. The Labute approximate surface area is 123 Å². The molecule has 10 heteroatoms. The fourth-order valence-corrected chi connectivity index (χ4v) is 0.841. The maximum Gasteiger partial charge on any atom is 0.182 e. The van der Waals surface area contributed by atoms with Crippen LogP contribution in [0.25, 0.3) is 0 Å². The van der Waals surface area contributed by atoms with Crippen LogP contribution in [0.15, 0.2) is 12.2 Å². The van der Waals surface area contributed by atoms with Crippen molar-refractivity contribution in [2.45, 2.75) is 25.7 Å². The molecule has 0 atom stereocenters. The lowest BCUT2D eigenvalue weighted by molar-refractivity contribution is -0.306. The molecular formula is C12H10O10-4. The predicted molar refractivity (Wildman–Crippen MR) is 57.7 cm³/mol. The van der Waals surface area contributed by atoms with Crippen molar-refractivity contribution in [1.82, 2.24) is 0 Å². The van der Waals surface area contributed by atoms with E-state index in [2.05, 4.69) is 0 Å². The first-order chi connectivity index (χ1) is 10.1. The van der Waals surface area contributed by atoms with E-state index in [1.165, 1.54) is 0 Å². The highest BCUT2D eigenvalue weighted by Crippen LogP contribution is 1.94. The molecule has 0 aliphatic carbocycles. The van der Waals surface area contributed by atoms with Crippen LogP contribution in [-0.2, 0) is 28.8 Å². The summed E-state index contributed by atoms with van der Waals surface area (Å²) in [5.41, 5.74) is 0. The van der Waals surface area contributed by atoms with Crippen molar-refractivity contribution in [3.63, 3.8) is 0 Å². The summed E-state index contributed by atoms with van der Waals surface area (Å²) in [5.74, 6) is -8.61. The minimum Gasteiger partial charge on any atom is -0.550 e. The zero-order chi connectivity index (χ0) is 17.7. The summed E-state index contributed by atoms with van der Waals surface area (Å²) >= 11 is 0. The number of ketones is 2. The van der Waals surface area contributed by atoms with Gasteiger partial charge in [0.05, 0.1) is 5.97 Å². The highest BCUT2D eigenvalue weighted by Gasteiger charge is 2.01. The normalized spacial score (nSPS) is 9.45. The molecule has 0 rings (SSSR count). The predicted octanol–water partition coefficient (Wildman–Crippen LogP) is -5.77. The smallest absolute Gasteiger partial charge is 0.182 e. The third-order valence-electron chi connectivity index (χ3n) is 1.80. The number of rotatable bonds is 9. The van der Waals surface area contributed by atoms with Gasteiger partial charge in [0.15, 0.2) is 11.6 Å². The molecule has 0 amide bonds. The van der Waals surface area contributed by atoms with Crippen molar-refractivity contribution in [1.29, 1.82) is 0 Å². The molecule has 0 saturated heterocycles. The van der Waals surface area contributed by atoms with Crippen LogP contribution in [0.2, 0.25) is 0 Å². The van der Waals surface area contributed by atoms with Gasteiger partial charge in [-0.15, -0.1) is 0 Å². The number of allylic oxidation sites excluding steroid dienone is 1. The van der Waals surface area contributed by atoms with Crippen LogP contribution < -0.4 is 20.4 Å². The van der Waals surface area contributed by atoms with Gasteiger partial charge in [-0.2, -0.15) is 0 Å². The first kappa shape index (κ1) is 21.3. The van der Waals surface area contributed by atoms with Gasteiger partial charge in [0.2, 0.25) is 0 Å². The van der Waals surface area contributed by atoms with E-state index >= 15 is 0 Å². The Morgan fingerprint density at radius 2 is 1.23 bits per heavy atom. The number of hydrogen-bond acceptors (Lipinski definition) is 10. The van der Waals surface area contributed by atoms with Crippen LogP contribution in [0.5, 0.6) is 0 Å². The Balaban J connectivity index is 0. The highest BCUT2D eigenvalue weighted by atomic mass is 16.4. The van der Waals surface area contributed by atoms with Gasteiger partial charge < -0.3 is 39.6 Å². The molecule has 0 bridgehead atoms. The summed E-state index contributed by atoms with van der Waals surface area (Å²) in [6, 6.07) is 0. The van der Waals surface area contributed by atoms with Crippen LogP contribution in [0, 0.1) is 0 Å². The Bertz CT molecular complexity index is 488. The van der Waals surface area contributed by atoms with Crippen molar-refractivity contribution < 1.29 is 49.2 Å². The fourth-order valence-electron chi connectivity index (χ4n) is 0.841. The van der Waals surface area contributed by atoms with Gasteiger partial charge in [-0.3, -0.25) is 9.59 Å². The van der Waals surface area contributed by atoms with Crippen molar-refractivity contribution in [2.75, 3.05) is 0 Å². The summed E-state index contributed by atoms with van der Waals surface area (Å²) in [6.07, 6.45) is 0.342. The van der Waals surface area contributed by atoms with Gasteiger partial charge >= 0.3 is 0 Å². The maximum atomic E-state index is 10.2. The molecule has 0 unspecified atom stereocenters. The second-order valence-electron chi connectivity index (χ2n) is 3.57. The lowest BCUT2D eigenvalue weighted by Gasteiger charge is -2.01. The molecule has 0 aromatic carbocycles. The number of carboxylic acids is 4. The van der Waals surface area contributed by atoms with Gasteiger partial charge in [-0.05, 0) is 18.9 Å². The van der Waals surface area contributed by atoms with E-state index in [-0.39, 0.29) is 19.3 Å². The SMILES string of the molecule is O=C([O-])/C=C/CC(=O)C(=O)[O-].O=C([O-])CCCC(=O)C(=O)[O-]. The third kappa shape index (κ3) is 15.0. The zero-order valence-corrected chi connectivity index (χ0v) is 11.1. The molecule has 122 valence electrons. The molecular weight excluding hydrogens is 304 g/mol. The summed E-state index contributed by atoms with van der Waals surface area (Å²) in [6.45, 7) is 0. The van der Waals surface area contributed by atoms with Crippen LogP contribution >= 0.6 is 0 Å². The first-order valence-electron chi connectivity index (χ1n) is 5.63. The minimum absolute atomic E-state index is 0.0187. The molecule has 0 aromatic rings. The average molecular weight is 314 g/mol. The zero-order valence-electron chi connectivity index (χ0n) is 11.1. The molecule has 0 aromatic heterocycles. The van der Waals surface area contributed by atoms with Crippen molar-refractivity contribution in [3.05, 3.63) is 12.2 Å².